The quantitative estimate of drug-likeness (QED) is 0.509. The van der Waals surface area contributed by atoms with Crippen molar-refractivity contribution in [3.8, 4) is 0 Å². The van der Waals surface area contributed by atoms with Crippen molar-refractivity contribution in [3.05, 3.63) is 0 Å². The standard InChI is InChI=1S/2C10H18O4/c1-6(9(2,3)4)10(5,7(11)12)8(13)14;1-6-13-8(11)7(2)9(12)14-10(3,4)5/h6H,1-5H3,(H,11,12)(H,13,14);7H,6H2,1-5H3. The average molecular weight is 405 g/mol. The van der Waals surface area contributed by atoms with Crippen molar-refractivity contribution in [2.24, 2.45) is 22.7 Å². The molecule has 8 heteroatoms. The van der Waals surface area contributed by atoms with Gasteiger partial charge in [-0.25, -0.2) is 0 Å². The van der Waals surface area contributed by atoms with Crippen LogP contribution in [0.1, 0.15) is 69.2 Å². The van der Waals surface area contributed by atoms with Gasteiger partial charge < -0.3 is 19.7 Å². The molecule has 0 saturated heterocycles. The Morgan fingerprint density at radius 3 is 1.43 bits per heavy atom. The van der Waals surface area contributed by atoms with Gasteiger partial charge in [-0.3, -0.25) is 19.2 Å². The second-order valence-electron chi connectivity index (χ2n) is 8.91. The van der Waals surface area contributed by atoms with Crippen molar-refractivity contribution < 1.29 is 38.9 Å². The molecule has 0 radical (unpaired) electrons. The van der Waals surface area contributed by atoms with Gasteiger partial charge >= 0.3 is 23.9 Å². The van der Waals surface area contributed by atoms with Crippen LogP contribution in [-0.2, 0) is 28.7 Å². The molecule has 0 aromatic heterocycles. The Hall–Kier alpha value is -2.12. The Labute approximate surface area is 167 Å². The molecule has 164 valence electrons. The molecule has 0 amide bonds. The molecular weight excluding hydrogens is 368 g/mol. The number of hydrogen-bond donors (Lipinski definition) is 2. The van der Waals surface area contributed by atoms with Crippen LogP contribution in [0.5, 0.6) is 0 Å². The molecule has 2 unspecified atom stereocenters. The van der Waals surface area contributed by atoms with E-state index in [1.165, 1.54) is 13.8 Å². The molecule has 2 atom stereocenters. The molecule has 0 fully saturated rings. The molecule has 0 aromatic rings. The van der Waals surface area contributed by atoms with Crippen molar-refractivity contribution in [3.63, 3.8) is 0 Å². The Bertz CT molecular complexity index is 552. The van der Waals surface area contributed by atoms with Gasteiger partial charge in [0.15, 0.2) is 11.3 Å². The van der Waals surface area contributed by atoms with E-state index in [1.807, 2.05) is 20.8 Å². The third-order valence-corrected chi connectivity index (χ3v) is 4.45. The van der Waals surface area contributed by atoms with Gasteiger partial charge in [0.1, 0.15) is 5.60 Å². The topological polar surface area (TPSA) is 127 Å². The van der Waals surface area contributed by atoms with E-state index in [0.29, 0.717) is 0 Å². The molecule has 0 aromatic carbocycles. The molecule has 0 aliphatic rings. The number of esters is 2. The fourth-order valence-electron chi connectivity index (χ4n) is 2.08. The van der Waals surface area contributed by atoms with Crippen molar-refractivity contribution in [2.45, 2.75) is 74.8 Å². The summed E-state index contributed by atoms with van der Waals surface area (Å²) >= 11 is 0. The predicted octanol–water partition coefficient (Wildman–Crippen LogP) is 3.37. The summed E-state index contributed by atoms with van der Waals surface area (Å²) in [6, 6.07) is 0. The molecule has 8 nitrogen and oxygen atoms in total. The summed E-state index contributed by atoms with van der Waals surface area (Å²) in [5.74, 6) is -4.96. The largest absolute Gasteiger partial charge is 0.480 e. The summed E-state index contributed by atoms with van der Waals surface area (Å²) < 4.78 is 9.73. The van der Waals surface area contributed by atoms with Gasteiger partial charge in [0.2, 0.25) is 0 Å². The van der Waals surface area contributed by atoms with Crippen LogP contribution in [0.25, 0.3) is 0 Å². The smallest absolute Gasteiger partial charge is 0.321 e. The lowest BCUT2D eigenvalue weighted by Gasteiger charge is -2.36. The van der Waals surface area contributed by atoms with Gasteiger partial charge in [-0.2, -0.15) is 0 Å². The molecule has 0 spiro atoms. The van der Waals surface area contributed by atoms with E-state index in [4.69, 9.17) is 19.7 Å². The first kappa shape index (κ1) is 28.1. The minimum atomic E-state index is -1.72. The van der Waals surface area contributed by atoms with E-state index in [2.05, 4.69) is 0 Å². The lowest BCUT2D eigenvalue weighted by molar-refractivity contribution is -0.171. The molecule has 0 rings (SSSR count). The minimum absolute atomic E-state index is 0.270. The van der Waals surface area contributed by atoms with Crippen LogP contribution in [0.3, 0.4) is 0 Å². The van der Waals surface area contributed by atoms with E-state index in [9.17, 15) is 19.2 Å². The number of ether oxygens (including phenoxy) is 2. The third-order valence-electron chi connectivity index (χ3n) is 4.45. The van der Waals surface area contributed by atoms with Crippen LogP contribution in [0.15, 0.2) is 0 Å². The monoisotopic (exact) mass is 404 g/mol. The molecule has 0 heterocycles. The lowest BCUT2D eigenvalue weighted by atomic mass is 9.66. The maximum atomic E-state index is 11.4. The zero-order chi connectivity index (χ0) is 23.1. The Morgan fingerprint density at radius 2 is 1.21 bits per heavy atom. The van der Waals surface area contributed by atoms with Gasteiger partial charge in [-0.1, -0.05) is 27.7 Å². The molecule has 0 saturated carbocycles. The highest BCUT2D eigenvalue weighted by Crippen LogP contribution is 2.40. The number of carbonyl (C=O) groups is 4. The van der Waals surface area contributed by atoms with E-state index in [0.717, 1.165) is 0 Å². The summed E-state index contributed by atoms with van der Waals surface area (Å²) in [6.45, 7) is 17.1. The van der Waals surface area contributed by atoms with E-state index in [-0.39, 0.29) is 12.0 Å². The summed E-state index contributed by atoms with van der Waals surface area (Å²) in [5, 5.41) is 17.9. The van der Waals surface area contributed by atoms with Crippen molar-refractivity contribution in [1.82, 2.24) is 0 Å². The van der Waals surface area contributed by atoms with E-state index < -0.39 is 46.7 Å². The van der Waals surface area contributed by atoms with Crippen molar-refractivity contribution in [2.75, 3.05) is 6.61 Å². The van der Waals surface area contributed by atoms with Crippen LogP contribution >= 0.6 is 0 Å². The Kier molecular flexibility index (Phi) is 10.5. The summed E-state index contributed by atoms with van der Waals surface area (Å²) in [7, 11) is 0. The SMILES string of the molecule is CC(C(C)(C)C)C(C)(C(=O)O)C(=O)O.CCOC(=O)C(C)C(=O)OC(C)(C)C. The molecular formula is C20H36O8. The summed E-state index contributed by atoms with van der Waals surface area (Å²) in [4.78, 5) is 44.4. The highest BCUT2D eigenvalue weighted by atomic mass is 16.6. The Balaban J connectivity index is 0. The first-order valence-electron chi connectivity index (χ1n) is 9.18. The van der Waals surface area contributed by atoms with Crippen LogP contribution in [-0.4, -0.2) is 46.3 Å². The molecule has 2 N–H and O–H groups in total. The summed E-state index contributed by atoms with van der Waals surface area (Å²) in [5.41, 5.74) is -2.65. The van der Waals surface area contributed by atoms with Crippen LogP contribution in [0.2, 0.25) is 0 Å². The fourth-order valence-corrected chi connectivity index (χ4v) is 2.08. The number of hydrogen-bond acceptors (Lipinski definition) is 6. The zero-order valence-electron chi connectivity index (χ0n) is 18.7. The highest BCUT2D eigenvalue weighted by Gasteiger charge is 2.50. The van der Waals surface area contributed by atoms with Crippen LogP contribution < -0.4 is 0 Å². The number of carboxylic acid groups (broad SMARTS) is 2. The van der Waals surface area contributed by atoms with Gasteiger partial charge in [0.05, 0.1) is 6.61 Å². The van der Waals surface area contributed by atoms with E-state index >= 15 is 0 Å². The van der Waals surface area contributed by atoms with Crippen LogP contribution in [0, 0.1) is 22.7 Å². The van der Waals surface area contributed by atoms with Crippen LogP contribution in [0.4, 0.5) is 0 Å². The second kappa shape index (κ2) is 10.4. The third kappa shape index (κ3) is 8.71. The minimum Gasteiger partial charge on any atom is -0.480 e. The Morgan fingerprint density at radius 1 is 0.821 bits per heavy atom. The average Bonchev–Trinajstić information content (AvgIpc) is 2.50. The maximum absolute atomic E-state index is 11.4. The molecule has 28 heavy (non-hydrogen) atoms. The van der Waals surface area contributed by atoms with Crippen molar-refractivity contribution >= 4 is 23.9 Å². The molecule has 0 bridgehead atoms. The highest BCUT2D eigenvalue weighted by molar-refractivity contribution is 5.98. The summed E-state index contributed by atoms with van der Waals surface area (Å²) in [6.07, 6.45) is 0. The van der Waals surface area contributed by atoms with Gasteiger partial charge in [0, 0.05) is 0 Å². The number of carbonyl (C=O) groups excluding carboxylic acids is 2. The number of aliphatic carboxylic acids is 2. The number of carboxylic acids is 2. The maximum Gasteiger partial charge on any atom is 0.321 e. The van der Waals surface area contributed by atoms with Gasteiger partial charge in [0.25, 0.3) is 0 Å². The fraction of sp³-hybridized carbons (Fsp3) is 0.800. The normalized spacial score (nSPS) is 14.1. The first-order valence-corrected chi connectivity index (χ1v) is 9.18. The van der Waals surface area contributed by atoms with Crippen molar-refractivity contribution in [1.29, 1.82) is 0 Å². The lowest BCUT2D eigenvalue weighted by Crippen LogP contribution is -2.46. The van der Waals surface area contributed by atoms with Gasteiger partial charge in [-0.05, 0) is 52.9 Å². The zero-order valence-corrected chi connectivity index (χ0v) is 18.7. The molecule has 0 aliphatic heterocycles. The molecule has 0 aliphatic carbocycles. The predicted molar refractivity (Wildman–Crippen MR) is 104 cm³/mol. The number of rotatable bonds is 6. The second-order valence-corrected chi connectivity index (χ2v) is 8.91. The van der Waals surface area contributed by atoms with Gasteiger partial charge in [-0.15, -0.1) is 0 Å². The first-order chi connectivity index (χ1) is 12.3. The van der Waals surface area contributed by atoms with E-state index in [1.54, 1.807) is 34.6 Å².